The van der Waals surface area contributed by atoms with Gasteiger partial charge in [-0.15, -0.1) is 0 Å². The maximum atomic E-state index is 11.9. The fourth-order valence-electron chi connectivity index (χ4n) is 2.61. The average Bonchev–Trinajstić information content (AvgIpc) is 3.00. The highest BCUT2D eigenvalue weighted by Gasteiger charge is 2.50. The second-order valence-corrected chi connectivity index (χ2v) is 6.01. The molecule has 20 heavy (non-hydrogen) atoms. The molecule has 1 unspecified atom stereocenters. The number of carboxylic acid groups (broad SMARTS) is 1. The molecular weight excluding hydrogens is 260 g/mol. The smallest absolute Gasteiger partial charge is 0.311 e. The minimum absolute atomic E-state index is 0.0269. The van der Waals surface area contributed by atoms with Gasteiger partial charge in [0.15, 0.2) is 0 Å². The van der Waals surface area contributed by atoms with Crippen molar-refractivity contribution < 1.29 is 19.5 Å². The average molecular weight is 282 g/mol. The molecule has 0 radical (unpaired) electrons. The number of hydrogen-bond donors (Lipinski definition) is 3. The Morgan fingerprint density at radius 3 is 2.35 bits per heavy atom. The van der Waals surface area contributed by atoms with Gasteiger partial charge in [0.25, 0.3) is 0 Å². The van der Waals surface area contributed by atoms with Gasteiger partial charge in [0, 0.05) is 12.5 Å². The Labute approximate surface area is 118 Å². The molecule has 0 aromatic carbocycles. The Kier molecular flexibility index (Phi) is 4.30. The van der Waals surface area contributed by atoms with E-state index in [4.69, 9.17) is 5.11 Å². The summed E-state index contributed by atoms with van der Waals surface area (Å²) < 4.78 is 0. The molecule has 6 heteroatoms. The summed E-state index contributed by atoms with van der Waals surface area (Å²) in [7, 11) is 0. The van der Waals surface area contributed by atoms with Crippen molar-refractivity contribution in [3.8, 4) is 0 Å². The van der Waals surface area contributed by atoms with Crippen LogP contribution in [0.4, 0.5) is 0 Å². The van der Waals surface area contributed by atoms with Crippen LogP contribution in [0.3, 0.4) is 0 Å². The minimum Gasteiger partial charge on any atom is -0.481 e. The molecule has 2 aliphatic carbocycles. The lowest BCUT2D eigenvalue weighted by molar-refractivity contribution is -0.143. The zero-order chi connectivity index (χ0) is 14.8. The van der Waals surface area contributed by atoms with Gasteiger partial charge in [-0.3, -0.25) is 14.4 Å². The van der Waals surface area contributed by atoms with Crippen molar-refractivity contribution in [3.63, 3.8) is 0 Å². The molecule has 6 nitrogen and oxygen atoms in total. The third-order valence-electron chi connectivity index (χ3n) is 4.39. The summed E-state index contributed by atoms with van der Waals surface area (Å²) >= 11 is 0. The largest absolute Gasteiger partial charge is 0.481 e. The van der Waals surface area contributed by atoms with Crippen LogP contribution >= 0.6 is 0 Å². The number of carbonyl (C=O) groups is 3. The maximum absolute atomic E-state index is 11.9. The van der Waals surface area contributed by atoms with Crippen molar-refractivity contribution in [2.45, 2.75) is 51.5 Å². The van der Waals surface area contributed by atoms with Crippen LogP contribution in [0.5, 0.6) is 0 Å². The number of aliphatic carboxylic acids is 1. The van der Waals surface area contributed by atoms with Crippen molar-refractivity contribution in [1.29, 1.82) is 0 Å². The second-order valence-electron chi connectivity index (χ2n) is 6.01. The molecule has 2 aliphatic rings. The molecule has 2 fully saturated rings. The van der Waals surface area contributed by atoms with Crippen LogP contribution in [-0.4, -0.2) is 35.5 Å². The topological polar surface area (TPSA) is 95.5 Å². The number of hydrogen-bond acceptors (Lipinski definition) is 3. The predicted molar refractivity (Wildman–Crippen MR) is 71.9 cm³/mol. The van der Waals surface area contributed by atoms with E-state index in [1.807, 2.05) is 0 Å². The van der Waals surface area contributed by atoms with Gasteiger partial charge in [-0.1, -0.05) is 12.8 Å². The first-order chi connectivity index (χ1) is 9.44. The van der Waals surface area contributed by atoms with Crippen LogP contribution in [0.1, 0.15) is 45.4 Å². The van der Waals surface area contributed by atoms with Crippen molar-refractivity contribution in [2.24, 2.45) is 11.3 Å². The predicted octanol–water partition coefficient (Wildman–Crippen LogP) is 0.662. The van der Waals surface area contributed by atoms with E-state index in [-0.39, 0.29) is 24.3 Å². The highest BCUT2D eigenvalue weighted by molar-refractivity contribution is 5.88. The van der Waals surface area contributed by atoms with Crippen LogP contribution in [0.25, 0.3) is 0 Å². The SMILES string of the molecule is CC(NC(=O)C1CCCC1)C(=O)NCC1(C(=O)O)CC1. The zero-order valence-electron chi connectivity index (χ0n) is 11.8. The molecular formula is C14H22N2O4. The first-order valence-electron chi connectivity index (χ1n) is 7.26. The number of nitrogens with one attached hydrogen (secondary N) is 2. The number of carbonyl (C=O) groups excluding carboxylic acids is 2. The third kappa shape index (κ3) is 3.29. The van der Waals surface area contributed by atoms with E-state index in [2.05, 4.69) is 10.6 Å². The molecule has 2 amide bonds. The minimum atomic E-state index is -0.861. The summed E-state index contributed by atoms with van der Waals surface area (Å²) in [6.45, 7) is 1.77. The van der Waals surface area contributed by atoms with Gasteiger partial charge >= 0.3 is 5.97 Å². The summed E-state index contributed by atoms with van der Waals surface area (Å²) in [4.78, 5) is 34.8. The highest BCUT2D eigenvalue weighted by atomic mass is 16.4. The Hall–Kier alpha value is -1.59. The monoisotopic (exact) mass is 282 g/mol. The summed E-state index contributed by atoms with van der Waals surface area (Å²) in [6, 6.07) is -0.618. The molecule has 1 atom stereocenters. The third-order valence-corrected chi connectivity index (χ3v) is 4.39. The van der Waals surface area contributed by atoms with E-state index in [1.54, 1.807) is 6.92 Å². The highest BCUT2D eigenvalue weighted by Crippen LogP contribution is 2.45. The molecule has 0 heterocycles. The fraction of sp³-hybridized carbons (Fsp3) is 0.786. The molecule has 0 saturated heterocycles. The van der Waals surface area contributed by atoms with Crippen molar-refractivity contribution in [2.75, 3.05) is 6.54 Å². The summed E-state index contributed by atoms with van der Waals surface area (Å²) in [5, 5.41) is 14.4. The van der Waals surface area contributed by atoms with Gasteiger partial charge in [-0.05, 0) is 32.6 Å². The summed E-state index contributed by atoms with van der Waals surface area (Å²) in [6.07, 6.45) is 5.13. The number of rotatable bonds is 6. The normalized spacial score (nSPS) is 22.1. The number of carboxylic acids is 1. The lowest BCUT2D eigenvalue weighted by Gasteiger charge is -2.18. The van der Waals surface area contributed by atoms with Gasteiger partial charge in [0.2, 0.25) is 11.8 Å². The van der Waals surface area contributed by atoms with E-state index < -0.39 is 17.4 Å². The molecule has 2 saturated carbocycles. The van der Waals surface area contributed by atoms with E-state index in [9.17, 15) is 14.4 Å². The molecule has 2 rings (SSSR count). The van der Waals surface area contributed by atoms with Crippen molar-refractivity contribution in [3.05, 3.63) is 0 Å². The molecule has 0 aromatic rings. The zero-order valence-corrected chi connectivity index (χ0v) is 11.8. The lowest BCUT2D eigenvalue weighted by atomic mass is 10.1. The lowest BCUT2D eigenvalue weighted by Crippen LogP contribution is -2.48. The Morgan fingerprint density at radius 2 is 1.85 bits per heavy atom. The van der Waals surface area contributed by atoms with E-state index >= 15 is 0 Å². The van der Waals surface area contributed by atoms with Crippen LogP contribution in [0.15, 0.2) is 0 Å². The van der Waals surface area contributed by atoms with E-state index in [1.165, 1.54) is 0 Å². The first kappa shape index (κ1) is 14.8. The van der Waals surface area contributed by atoms with Crippen LogP contribution in [0.2, 0.25) is 0 Å². The molecule has 3 N–H and O–H groups in total. The Morgan fingerprint density at radius 1 is 1.25 bits per heavy atom. The Balaban J connectivity index is 1.74. The fourth-order valence-corrected chi connectivity index (χ4v) is 2.61. The standard InChI is InChI=1S/C14H22N2O4/c1-9(16-12(18)10-4-2-3-5-10)11(17)15-8-14(6-7-14)13(19)20/h9-10H,2-8H2,1H3,(H,15,17)(H,16,18)(H,19,20). The quantitative estimate of drug-likeness (QED) is 0.667. The Bertz CT molecular complexity index is 411. The summed E-state index contributed by atoms with van der Waals surface area (Å²) in [5.41, 5.74) is -0.773. The van der Waals surface area contributed by atoms with Crippen molar-refractivity contribution >= 4 is 17.8 Å². The maximum Gasteiger partial charge on any atom is 0.311 e. The van der Waals surface area contributed by atoms with Gasteiger partial charge in [-0.25, -0.2) is 0 Å². The second kappa shape index (κ2) is 5.81. The van der Waals surface area contributed by atoms with Crippen LogP contribution in [0, 0.1) is 11.3 Å². The summed E-state index contributed by atoms with van der Waals surface area (Å²) in [5.74, 6) is -1.21. The van der Waals surface area contributed by atoms with Crippen LogP contribution < -0.4 is 10.6 Å². The van der Waals surface area contributed by atoms with Gasteiger partial charge in [0.1, 0.15) is 6.04 Å². The first-order valence-corrected chi connectivity index (χ1v) is 7.26. The molecule has 0 aromatic heterocycles. The number of amides is 2. The van der Waals surface area contributed by atoms with Gasteiger partial charge < -0.3 is 15.7 Å². The molecule has 0 bridgehead atoms. The van der Waals surface area contributed by atoms with E-state index in [0.717, 1.165) is 25.7 Å². The molecule has 0 spiro atoms. The van der Waals surface area contributed by atoms with Crippen molar-refractivity contribution in [1.82, 2.24) is 10.6 Å². The molecule has 112 valence electrons. The van der Waals surface area contributed by atoms with Crippen LogP contribution in [-0.2, 0) is 14.4 Å². The van der Waals surface area contributed by atoms with Gasteiger partial charge in [-0.2, -0.15) is 0 Å². The molecule has 0 aliphatic heterocycles. The van der Waals surface area contributed by atoms with E-state index in [0.29, 0.717) is 12.8 Å². The van der Waals surface area contributed by atoms with Gasteiger partial charge in [0.05, 0.1) is 5.41 Å².